The summed E-state index contributed by atoms with van der Waals surface area (Å²) in [5, 5.41) is 9.49. The van der Waals surface area contributed by atoms with Gasteiger partial charge >= 0.3 is 12.2 Å². The predicted molar refractivity (Wildman–Crippen MR) is 86.7 cm³/mol. The molecule has 0 fully saturated rings. The zero-order chi connectivity index (χ0) is 17.3. The van der Waals surface area contributed by atoms with Crippen LogP contribution in [-0.2, 0) is 0 Å². The van der Waals surface area contributed by atoms with E-state index >= 15 is 0 Å². The van der Waals surface area contributed by atoms with Crippen molar-refractivity contribution in [1.29, 1.82) is 5.41 Å². The van der Waals surface area contributed by atoms with Crippen molar-refractivity contribution in [3.63, 3.8) is 0 Å². The number of rotatable bonds is 8. The smallest absolute Gasteiger partial charge is 0.408 e. The Bertz CT molecular complexity index is 554. The maximum atomic E-state index is 12.0. The molecule has 0 saturated heterocycles. The summed E-state index contributed by atoms with van der Waals surface area (Å²) in [5.41, 5.74) is 10.6. The molecule has 24 heavy (non-hydrogen) atoms. The second-order valence-electron chi connectivity index (χ2n) is 4.50. The second kappa shape index (κ2) is 10.5. The van der Waals surface area contributed by atoms with Gasteiger partial charge in [-0.25, -0.2) is 9.98 Å². The van der Waals surface area contributed by atoms with Gasteiger partial charge in [0.2, 0.25) is 0 Å². The molecule has 136 valence electrons. The van der Waals surface area contributed by atoms with Crippen LogP contribution in [0.5, 0.6) is 6.01 Å². The average molecular weight is 370 g/mol. The molecule has 0 unspecified atom stereocenters. The van der Waals surface area contributed by atoms with Crippen LogP contribution in [0, 0.1) is 5.41 Å². The molecule has 0 bridgehead atoms. The number of guanidine groups is 1. The summed E-state index contributed by atoms with van der Waals surface area (Å²) in [6.07, 6.45) is -1.21. The molecule has 0 aliphatic rings. The van der Waals surface area contributed by atoms with E-state index in [9.17, 15) is 13.2 Å². The first kappa shape index (κ1) is 21.7. The maximum absolute atomic E-state index is 12.0. The third kappa shape index (κ3) is 10.4. The molecule has 0 atom stereocenters. The zero-order valence-corrected chi connectivity index (χ0v) is 13.5. The Labute approximate surface area is 142 Å². The zero-order valence-electron chi connectivity index (χ0n) is 12.6. The molecule has 1 heterocycles. The number of amidine groups is 1. The molecule has 8 nitrogen and oxygen atoms in total. The van der Waals surface area contributed by atoms with E-state index in [-0.39, 0.29) is 30.1 Å². The lowest BCUT2D eigenvalue weighted by atomic mass is 10.2. The Hall–Kier alpha value is -2.30. The first-order valence-corrected chi connectivity index (χ1v) is 6.69. The van der Waals surface area contributed by atoms with E-state index in [1.165, 1.54) is 12.3 Å². The summed E-state index contributed by atoms with van der Waals surface area (Å²) in [6, 6.07) is 1.47. The molecule has 12 heteroatoms. The lowest BCUT2D eigenvalue weighted by Gasteiger charge is -2.08. The Balaban J connectivity index is 0.00000529. The molecule has 1 rings (SSSR count). The number of aliphatic imine (C=N–C) groups is 1. The van der Waals surface area contributed by atoms with Gasteiger partial charge in [-0.15, -0.1) is 12.4 Å². The van der Waals surface area contributed by atoms with Crippen LogP contribution in [0.25, 0.3) is 0 Å². The first-order chi connectivity index (χ1) is 10.8. The summed E-state index contributed by atoms with van der Waals surface area (Å²) in [4.78, 5) is 10.9. The number of ether oxygens (including phenoxy) is 1. The van der Waals surface area contributed by atoms with E-state index in [0.717, 1.165) is 0 Å². The number of halogens is 4. The average Bonchev–Trinajstić information content (AvgIpc) is 2.44. The highest BCUT2D eigenvalue weighted by atomic mass is 35.5. The minimum absolute atomic E-state index is 0. The monoisotopic (exact) mass is 369 g/mol. The van der Waals surface area contributed by atoms with Crippen molar-refractivity contribution >= 4 is 30.0 Å². The van der Waals surface area contributed by atoms with Crippen molar-refractivity contribution in [2.24, 2.45) is 16.5 Å². The second-order valence-corrected chi connectivity index (χ2v) is 4.50. The molecule has 6 N–H and O–H groups in total. The van der Waals surface area contributed by atoms with Crippen LogP contribution in [0.3, 0.4) is 0 Å². The highest BCUT2D eigenvalue weighted by Crippen LogP contribution is 2.14. The summed E-state index contributed by atoms with van der Waals surface area (Å²) in [5.74, 6) is -0.128. The Morgan fingerprint density at radius 3 is 2.67 bits per heavy atom. The van der Waals surface area contributed by atoms with Crippen LogP contribution in [0.1, 0.15) is 19.3 Å². The predicted octanol–water partition coefficient (Wildman–Crippen LogP) is 1.67. The number of unbranched alkanes of at least 4 members (excludes halogenated alkanes) is 1. The number of nitrogens with zero attached hydrogens (tertiary/aromatic N) is 3. The highest BCUT2D eigenvalue weighted by molar-refractivity contribution is 5.91. The Morgan fingerprint density at radius 1 is 1.33 bits per heavy atom. The quantitative estimate of drug-likeness (QED) is 0.312. The molecule has 0 aliphatic heterocycles. The molecule has 0 amide bonds. The van der Waals surface area contributed by atoms with E-state index in [4.69, 9.17) is 21.6 Å². The number of hydrogen-bond donors (Lipinski definition) is 4. The lowest BCUT2D eigenvalue weighted by molar-refractivity contribution is -0.118. The SMILES string of the molecule is Cl.N=C(N)CCCCOc1nccc(NC(N)=NCC(F)(F)F)n1. The van der Waals surface area contributed by atoms with E-state index in [0.29, 0.717) is 25.9 Å². The Morgan fingerprint density at radius 2 is 2.04 bits per heavy atom. The molecular weight excluding hydrogens is 351 g/mol. The summed E-state index contributed by atoms with van der Waals surface area (Å²) >= 11 is 0. The van der Waals surface area contributed by atoms with Crippen molar-refractivity contribution in [2.75, 3.05) is 18.5 Å². The van der Waals surface area contributed by atoms with Crippen molar-refractivity contribution in [2.45, 2.75) is 25.4 Å². The first-order valence-electron chi connectivity index (χ1n) is 6.69. The van der Waals surface area contributed by atoms with Gasteiger partial charge in [-0.1, -0.05) is 0 Å². The van der Waals surface area contributed by atoms with Crippen LogP contribution in [0.4, 0.5) is 19.0 Å². The third-order valence-electron chi connectivity index (χ3n) is 2.39. The third-order valence-corrected chi connectivity index (χ3v) is 2.39. The summed E-state index contributed by atoms with van der Waals surface area (Å²) in [6.45, 7) is -1.05. The largest absolute Gasteiger partial charge is 0.463 e. The topological polar surface area (TPSA) is 135 Å². The molecule has 1 aromatic rings. The van der Waals surface area contributed by atoms with Crippen LogP contribution >= 0.6 is 12.4 Å². The number of anilines is 1. The normalized spacial score (nSPS) is 11.5. The van der Waals surface area contributed by atoms with Crippen molar-refractivity contribution in [3.05, 3.63) is 12.3 Å². The van der Waals surface area contributed by atoms with Gasteiger partial charge in [0, 0.05) is 12.6 Å². The fraction of sp³-hybridized carbons (Fsp3) is 0.500. The number of nitrogens with two attached hydrogens (primary N) is 2. The molecule has 0 radical (unpaired) electrons. The van der Waals surface area contributed by atoms with E-state index in [1.54, 1.807) is 0 Å². The van der Waals surface area contributed by atoms with Gasteiger partial charge in [-0.3, -0.25) is 5.41 Å². The van der Waals surface area contributed by atoms with Gasteiger partial charge < -0.3 is 21.5 Å². The number of hydrogen-bond acceptors (Lipinski definition) is 5. The highest BCUT2D eigenvalue weighted by Gasteiger charge is 2.26. The minimum atomic E-state index is -4.42. The van der Waals surface area contributed by atoms with Crippen molar-refractivity contribution < 1.29 is 17.9 Å². The molecule has 0 aromatic carbocycles. The summed E-state index contributed by atoms with van der Waals surface area (Å²) < 4.78 is 41.3. The lowest BCUT2D eigenvalue weighted by Crippen LogP contribution is -2.26. The van der Waals surface area contributed by atoms with Crippen LogP contribution in [0.15, 0.2) is 17.3 Å². The van der Waals surface area contributed by atoms with Crippen molar-refractivity contribution in [3.8, 4) is 6.01 Å². The Kier molecular flexibility index (Phi) is 9.47. The van der Waals surface area contributed by atoms with Gasteiger partial charge in [0.15, 0.2) is 5.96 Å². The van der Waals surface area contributed by atoms with Crippen LogP contribution < -0.4 is 21.5 Å². The standard InChI is InChI=1S/C12H18F3N7O.ClH/c13-12(14,15)7-20-10(18)21-9-4-5-19-11(22-9)23-6-2-1-3-8(16)17;/h4-5H,1-3,6-7H2,(H3,16,17)(H3,18,19,20,21,22);1H. The molecular formula is C12H19ClF3N7O. The molecule has 0 spiro atoms. The van der Waals surface area contributed by atoms with Crippen molar-refractivity contribution in [1.82, 2.24) is 9.97 Å². The van der Waals surface area contributed by atoms with Crippen LogP contribution in [-0.4, -0.2) is 41.1 Å². The fourth-order valence-electron chi connectivity index (χ4n) is 1.41. The van der Waals surface area contributed by atoms with E-state index in [2.05, 4.69) is 20.3 Å². The van der Waals surface area contributed by atoms with E-state index < -0.39 is 18.7 Å². The maximum Gasteiger partial charge on any atom is 0.408 e. The van der Waals surface area contributed by atoms with Gasteiger partial charge in [0.1, 0.15) is 12.4 Å². The van der Waals surface area contributed by atoms with E-state index in [1.807, 2.05) is 0 Å². The van der Waals surface area contributed by atoms with Crippen LogP contribution in [0.2, 0.25) is 0 Å². The molecule has 1 aromatic heterocycles. The molecule has 0 aliphatic carbocycles. The number of nitrogens with one attached hydrogen (secondary N) is 2. The van der Waals surface area contributed by atoms with Gasteiger partial charge in [-0.05, 0) is 18.9 Å². The number of alkyl halides is 3. The minimum Gasteiger partial charge on any atom is -0.463 e. The number of aromatic nitrogens is 2. The fourth-order valence-corrected chi connectivity index (χ4v) is 1.41. The van der Waals surface area contributed by atoms with Gasteiger partial charge in [-0.2, -0.15) is 18.2 Å². The summed E-state index contributed by atoms with van der Waals surface area (Å²) in [7, 11) is 0. The van der Waals surface area contributed by atoms with Gasteiger partial charge in [0.25, 0.3) is 0 Å². The molecule has 0 saturated carbocycles. The van der Waals surface area contributed by atoms with Gasteiger partial charge in [0.05, 0.1) is 12.4 Å².